The van der Waals surface area contributed by atoms with Crippen molar-refractivity contribution in [2.75, 3.05) is 5.32 Å². The minimum Gasteiger partial charge on any atom is -0.360 e. The van der Waals surface area contributed by atoms with E-state index in [1.807, 2.05) is 35.1 Å². The molecule has 9 nitrogen and oxygen atoms in total. The van der Waals surface area contributed by atoms with Crippen molar-refractivity contribution in [1.82, 2.24) is 20.1 Å². The van der Waals surface area contributed by atoms with Crippen molar-refractivity contribution in [1.29, 1.82) is 0 Å². The largest absolute Gasteiger partial charge is 0.360 e. The van der Waals surface area contributed by atoms with E-state index in [1.165, 1.54) is 6.07 Å². The van der Waals surface area contributed by atoms with Crippen LogP contribution in [0.3, 0.4) is 0 Å². The third kappa shape index (κ3) is 4.39. The molecule has 2 amide bonds. The Labute approximate surface area is 188 Å². The lowest BCUT2D eigenvalue weighted by Gasteiger charge is -2.10. The molecule has 0 aliphatic carbocycles. The fraction of sp³-hybridized carbons (Fsp3) is 0.143. The number of urea groups is 1. The highest BCUT2D eigenvalue weighted by Gasteiger charge is 2.23. The van der Waals surface area contributed by atoms with Crippen LogP contribution in [0.4, 0.5) is 9.93 Å². The van der Waals surface area contributed by atoms with Crippen LogP contribution in [-0.2, 0) is 10.0 Å². The quantitative estimate of drug-likeness (QED) is 0.446. The van der Waals surface area contributed by atoms with Gasteiger partial charge in [-0.2, -0.15) is 0 Å². The maximum atomic E-state index is 12.6. The zero-order chi connectivity index (χ0) is 22.9. The maximum absolute atomic E-state index is 12.6. The number of carbonyl (C=O) groups excluding carboxylic acids is 1. The van der Waals surface area contributed by atoms with Gasteiger partial charge in [0.05, 0.1) is 10.5 Å². The molecule has 164 valence electrons. The number of hydrogen-bond donors (Lipinski definition) is 2. The topological polar surface area (TPSA) is 127 Å². The van der Waals surface area contributed by atoms with Gasteiger partial charge in [-0.05, 0) is 43.5 Å². The van der Waals surface area contributed by atoms with Crippen molar-refractivity contribution in [3.63, 3.8) is 0 Å². The molecule has 2 aromatic carbocycles. The number of anilines is 1. The Kier molecular flexibility index (Phi) is 5.76. The fourth-order valence-electron chi connectivity index (χ4n) is 3.13. The lowest BCUT2D eigenvalue weighted by Crippen LogP contribution is -2.34. The molecule has 4 rings (SSSR count). The van der Waals surface area contributed by atoms with Crippen LogP contribution in [0.5, 0.6) is 0 Å². The average molecular weight is 470 g/mol. The number of benzene rings is 2. The Bertz CT molecular complexity index is 1390. The van der Waals surface area contributed by atoms with Crippen LogP contribution >= 0.6 is 11.3 Å². The number of aryl methyl sites for hydroxylation is 3. The van der Waals surface area contributed by atoms with Crippen LogP contribution in [0.1, 0.15) is 16.9 Å². The Morgan fingerprint density at radius 3 is 2.53 bits per heavy atom. The molecule has 4 aromatic rings. The molecular formula is C21H19N5O4S2. The Hall–Kier alpha value is -3.57. The van der Waals surface area contributed by atoms with Gasteiger partial charge in [0.25, 0.3) is 10.0 Å². The molecular weight excluding hydrogens is 450 g/mol. The molecule has 2 heterocycles. The summed E-state index contributed by atoms with van der Waals surface area (Å²) < 4.78 is 32.6. The minimum atomic E-state index is -4.05. The van der Waals surface area contributed by atoms with Gasteiger partial charge in [-0.3, -0.25) is 5.32 Å². The van der Waals surface area contributed by atoms with Gasteiger partial charge in [0.1, 0.15) is 5.76 Å². The summed E-state index contributed by atoms with van der Waals surface area (Å²) in [4.78, 5) is 12.4. The number of nitrogens with zero attached hydrogens (tertiary/aromatic N) is 3. The number of rotatable bonds is 5. The molecule has 32 heavy (non-hydrogen) atoms. The normalized spacial score (nSPS) is 11.3. The first-order valence-electron chi connectivity index (χ1n) is 9.51. The van der Waals surface area contributed by atoms with E-state index in [4.69, 9.17) is 4.52 Å². The Balaban J connectivity index is 1.53. The summed E-state index contributed by atoms with van der Waals surface area (Å²) in [7, 11) is -4.05. The van der Waals surface area contributed by atoms with Gasteiger partial charge >= 0.3 is 6.03 Å². The molecule has 0 saturated carbocycles. The highest BCUT2D eigenvalue weighted by Crippen LogP contribution is 2.36. The van der Waals surface area contributed by atoms with E-state index in [2.05, 4.69) is 20.7 Å². The molecule has 0 unspecified atom stereocenters. The van der Waals surface area contributed by atoms with Gasteiger partial charge in [-0.1, -0.05) is 59.0 Å². The first kappa shape index (κ1) is 21.7. The summed E-state index contributed by atoms with van der Waals surface area (Å²) in [5.74, 6) is 0.619. The first-order valence-corrected chi connectivity index (χ1v) is 11.8. The monoisotopic (exact) mass is 469 g/mol. The van der Waals surface area contributed by atoms with E-state index in [1.54, 1.807) is 32.9 Å². The van der Waals surface area contributed by atoms with E-state index >= 15 is 0 Å². The number of amides is 2. The second-order valence-electron chi connectivity index (χ2n) is 7.07. The van der Waals surface area contributed by atoms with Crippen molar-refractivity contribution >= 4 is 32.5 Å². The van der Waals surface area contributed by atoms with Crippen LogP contribution in [0.2, 0.25) is 0 Å². The van der Waals surface area contributed by atoms with E-state index in [-0.39, 0.29) is 10.0 Å². The van der Waals surface area contributed by atoms with E-state index < -0.39 is 16.1 Å². The van der Waals surface area contributed by atoms with Gasteiger partial charge in [0.2, 0.25) is 5.13 Å². The molecule has 0 saturated heterocycles. The number of aromatic nitrogens is 3. The average Bonchev–Trinajstić information content (AvgIpc) is 3.36. The van der Waals surface area contributed by atoms with Crippen LogP contribution in [0.25, 0.3) is 21.8 Å². The van der Waals surface area contributed by atoms with Crippen molar-refractivity contribution in [2.45, 2.75) is 25.7 Å². The van der Waals surface area contributed by atoms with Crippen molar-refractivity contribution in [2.24, 2.45) is 0 Å². The molecule has 11 heteroatoms. The smallest absolute Gasteiger partial charge is 0.334 e. The molecule has 0 spiro atoms. The second-order valence-corrected chi connectivity index (χ2v) is 9.70. The zero-order valence-corrected chi connectivity index (χ0v) is 19.0. The van der Waals surface area contributed by atoms with E-state index in [0.717, 1.165) is 28.0 Å². The van der Waals surface area contributed by atoms with Crippen LogP contribution in [0, 0.1) is 20.8 Å². The zero-order valence-electron chi connectivity index (χ0n) is 17.4. The Morgan fingerprint density at radius 2 is 1.78 bits per heavy atom. The highest BCUT2D eigenvalue weighted by molar-refractivity contribution is 7.90. The minimum absolute atomic E-state index is 0.0381. The molecule has 0 radical (unpaired) electrons. The van der Waals surface area contributed by atoms with Gasteiger partial charge in [0, 0.05) is 0 Å². The molecule has 0 aliphatic rings. The summed E-state index contributed by atoms with van der Waals surface area (Å²) in [5, 5.41) is 15.0. The summed E-state index contributed by atoms with van der Waals surface area (Å²) in [6, 6.07) is 13.6. The lowest BCUT2D eigenvalue weighted by atomic mass is 10.0. The predicted molar refractivity (Wildman–Crippen MR) is 121 cm³/mol. The molecule has 2 aromatic heterocycles. The Morgan fingerprint density at radius 1 is 1.03 bits per heavy atom. The summed E-state index contributed by atoms with van der Waals surface area (Å²) >= 11 is 1.05. The standard InChI is InChI=1S/C21H19N5O4S2/c1-12-9-10-13(2)16(11-12)32(28,29)26-20(27)22-21-24-23-19(31-21)18-17(14(3)30-25-18)15-7-5-4-6-8-15/h4-11H,1-3H3,(H2,22,24,26,27). The van der Waals surface area contributed by atoms with Crippen molar-refractivity contribution < 1.29 is 17.7 Å². The van der Waals surface area contributed by atoms with E-state index in [9.17, 15) is 13.2 Å². The second kappa shape index (κ2) is 8.52. The van der Waals surface area contributed by atoms with Crippen LogP contribution < -0.4 is 10.0 Å². The van der Waals surface area contributed by atoms with Gasteiger partial charge in [-0.15, -0.1) is 10.2 Å². The third-order valence-electron chi connectivity index (χ3n) is 4.63. The van der Waals surface area contributed by atoms with Gasteiger partial charge in [0.15, 0.2) is 10.7 Å². The number of hydrogen-bond acceptors (Lipinski definition) is 8. The lowest BCUT2D eigenvalue weighted by molar-refractivity contribution is 0.256. The summed E-state index contributed by atoms with van der Waals surface area (Å²) in [6.45, 7) is 5.23. The number of sulfonamides is 1. The number of carbonyl (C=O) groups is 1. The summed E-state index contributed by atoms with van der Waals surface area (Å²) in [5.41, 5.74) is 3.47. The fourth-order valence-corrected chi connectivity index (χ4v) is 5.09. The maximum Gasteiger partial charge on any atom is 0.334 e. The van der Waals surface area contributed by atoms with Crippen LogP contribution in [0.15, 0.2) is 57.9 Å². The third-order valence-corrected chi connectivity index (χ3v) is 6.95. The predicted octanol–water partition coefficient (Wildman–Crippen LogP) is 4.30. The molecule has 0 atom stereocenters. The van der Waals surface area contributed by atoms with E-state index in [0.29, 0.717) is 22.0 Å². The van der Waals surface area contributed by atoms with Crippen molar-refractivity contribution in [3.8, 4) is 21.8 Å². The van der Waals surface area contributed by atoms with Gasteiger partial charge in [-0.25, -0.2) is 17.9 Å². The summed E-state index contributed by atoms with van der Waals surface area (Å²) in [6.07, 6.45) is 0. The van der Waals surface area contributed by atoms with Crippen LogP contribution in [-0.4, -0.2) is 29.8 Å². The van der Waals surface area contributed by atoms with Gasteiger partial charge < -0.3 is 4.52 Å². The SMILES string of the molecule is Cc1ccc(C)c(S(=O)(=O)NC(=O)Nc2nnc(-c3noc(C)c3-c3ccccc3)s2)c1. The molecule has 0 aliphatic heterocycles. The molecule has 0 bridgehead atoms. The molecule has 0 fully saturated rings. The first-order chi connectivity index (χ1) is 15.2. The number of nitrogens with one attached hydrogen (secondary N) is 2. The highest BCUT2D eigenvalue weighted by atomic mass is 32.2. The molecule has 2 N–H and O–H groups in total. The van der Waals surface area contributed by atoms with Crippen molar-refractivity contribution in [3.05, 3.63) is 65.4 Å².